The molecule has 1 fully saturated rings. The fourth-order valence-corrected chi connectivity index (χ4v) is 2.27. The topological polar surface area (TPSA) is 0 Å². The van der Waals surface area contributed by atoms with Crippen molar-refractivity contribution in [2.45, 2.75) is 25.7 Å². The van der Waals surface area contributed by atoms with Gasteiger partial charge in [0.2, 0.25) is 0 Å². The molecule has 0 radical (unpaired) electrons. The molecule has 0 unspecified atom stereocenters. The van der Waals surface area contributed by atoms with Crippen LogP contribution < -0.4 is 0 Å². The molecule has 0 N–H and O–H groups in total. The fraction of sp³-hybridized carbons (Fsp3) is 0.400. The smallest absolute Gasteiger partial charge is 0.0135 e. The average molecular weight is 258 g/mol. The maximum Gasteiger partial charge on any atom is 0.0135 e. The zero-order valence-corrected chi connectivity index (χ0v) is 8.76. The predicted molar refractivity (Wildman–Crippen MR) is 55.9 cm³/mol. The lowest BCUT2D eigenvalue weighted by Crippen LogP contribution is -1.83. The Morgan fingerprint density at radius 1 is 1.27 bits per heavy atom. The Bertz CT molecular complexity index is 254. The molecule has 0 nitrogen and oxygen atoms in total. The quantitative estimate of drug-likeness (QED) is 0.676. The van der Waals surface area contributed by atoms with Gasteiger partial charge in [0, 0.05) is 3.57 Å². The number of hydrogen-bond donors (Lipinski definition) is 0. The average Bonchev–Trinajstić information content (AvgIpc) is 2.64. The zero-order valence-electron chi connectivity index (χ0n) is 6.60. The van der Waals surface area contributed by atoms with Crippen molar-refractivity contribution in [1.29, 1.82) is 0 Å². The third-order valence-corrected chi connectivity index (χ3v) is 2.74. The first kappa shape index (κ1) is 7.59. The van der Waals surface area contributed by atoms with Crippen LogP contribution in [0.1, 0.15) is 29.9 Å². The van der Waals surface area contributed by atoms with Gasteiger partial charge in [0.15, 0.2) is 0 Å². The zero-order chi connectivity index (χ0) is 7.84. The van der Waals surface area contributed by atoms with Gasteiger partial charge in [0.1, 0.15) is 0 Å². The van der Waals surface area contributed by atoms with Crippen LogP contribution in [0.25, 0.3) is 0 Å². The molecule has 1 heteroatoms. The van der Waals surface area contributed by atoms with Crippen molar-refractivity contribution in [2.75, 3.05) is 0 Å². The molecule has 58 valence electrons. The molecule has 1 aromatic rings. The molecular weight excluding hydrogens is 247 g/mol. The Morgan fingerprint density at radius 3 is 2.55 bits per heavy atom. The molecule has 0 atom stereocenters. The largest absolute Gasteiger partial charge is 0.0557 e. The highest BCUT2D eigenvalue weighted by Gasteiger charge is 2.23. The summed E-state index contributed by atoms with van der Waals surface area (Å²) in [4.78, 5) is 0. The van der Waals surface area contributed by atoms with Gasteiger partial charge in [-0.05, 0) is 71.5 Å². The van der Waals surface area contributed by atoms with Crippen molar-refractivity contribution in [3.63, 3.8) is 0 Å². The highest BCUT2D eigenvalue weighted by Crippen LogP contribution is 2.40. The summed E-state index contributed by atoms with van der Waals surface area (Å²) < 4.78 is 1.38. The van der Waals surface area contributed by atoms with Gasteiger partial charge in [-0.1, -0.05) is 6.07 Å². The minimum atomic E-state index is 0.892. The standard InChI is InChI=1S/C10H11I/c1-7-4-9(8-2-3-8)6-10(11)5-7/h4-6,8H,2-3H2,1H3. The van der Waals surface area contributed by atoms with Crippen LogP contribution in [-0.2, 0) is 0 Å². The molecule has 1 aliphatic carbocycles. The van der Waals surface area contributed by atoms with Crippen molar-refractivity contribution in [3.8, 4) is 0 Å². The first-order valence-corrected chi connectivity index (χ1v) is 5.10. The Morgan fingerprint density at radius 2 is 2.00 bits per heavy atom. The number of rotatable bonds is 1. The Hall–Kier alpha value is -0.0500. The van der Waals surface area contributed by atoms with Gasteiger partial charge in [0.25, 0.3) is 0 Å². The summed E-state index contributed by atoms with van der Waals surface area (Å²) in [7, 11) is 0. The van der Waals surface area contributed by atoms with Crippen LogP contribution in [0.15, 0.2) is 18.2 Å². The second kappa shape index (κ2) is 2.77. The van der Waals surface area contributed by atoms with E-state index in [0.717, 1.165) is 5.92 Å². The molecule has 0 aromatic heterocycles. The predicted octanol–water partition coefficient (Wildman–Crippen LogP) is 3.48. The van der Waals surface area contributed by atoms with Gasteiger partial charge in [-0.15, -0.1) is 0 Å². The summed E-state index contributed by atoms with van der Waals surface area (Å²) >= 11 is 2.39. The summed E-state index contributed by atoms with van der Waals surface area (Å²) in [5.41, 5.74) is 2.95. The summed E-state index contributed by atoms with van der Waals surface area (Å²) in [6.45, 7) is 2.17. The van der Waals surface area contributed by atoms with Crippen LogP contribution in [0.2, 0.25) is 0 Å². The van der Waals surface area contributed by atoms with Crippen molar-refractivity contribution < 1.29 is 0 Å². The molecule has 0 spiro atoms. The molecule has 11 heavy (non-hydrogen) atoms. The number of aryl methyl sites for hydroxylation is 1. The van der Waals surface area contributed by atoms with E-state index in [1.807, 2.05) is 0 Å². The van der Waals surface area contributed by atoms with E-state index in [-0.39, 0.29) is 0 Å². The fourth-order valence-electron chi connectivity index (χ4n) is 1.42. The van der Waals surface area contributed by atoms with Gasteiger partial charge in [-0.25, -0.2) is 0 Å². The van der Waals surface area contributed by atoms with E-state index in [0.29, 0.717) is 0 Å². The van der Waals surface area contributed by atoms with Crippen molar-refractivity contribution in [3.05, 3.63) is 32.9 Å². The normalized spacial score (nSPS) is 16.9. The second-order valence-electron chi connectivity index (χ2n) is 3.34. The van der Waals surface area contributed by atoms with Gasteiger partial charge >= 0.3 is 0 Å². The molecule has 0 aliphatic heterocycles. The second-order valence-corrected chi connectivity index (χ2v) is 4.58. The molecule has 0 amide bonds. The molecule has 0 heterocycles. The SMILES string of the molecule is Cc1cc(I)cc(C2CC2)c1. The maximum atomic E-state index is 2.39. The van der Waals surface area contributed by atoms with E-state index in [1.165, 1.54) is 22.0 Å². The molecular formula is C10H11I. The lowest BCUT2D eigenvalue weighted by molar-refractivity contribution is 1.12. The van der Waals surface area contributed by atoms with Crippen molar-refractivity contribution >= 4 is 22.6 Å². The minimum Gasteiger partial charge on any atom is -0.0557 e. The molecule has 0 saturated heterocycles. The number of halogens is 1. The highest BCUT2D eigenvalue weighted by molar-refractivity contribution is 14.1. The first-order chi connectivity index (χ1) is 5.25. The van der Waals surface area contributed by atoms with E-state index >= 15 is 0 Å². The number of hydrogen-bond acceptors (Lipinski definition) is 0. The summed E-state index contributed by atoms with van der Waals surface area (Å²) in [5.74, 6) is 0.892. The molecule has 1 saturated carbocycles. The van der Waals surface area contributed by atoms with E-state index in [4.69, 9.17) is 0 Å². The van der Waals surface area contributed by atoms with Crippen LogP contribution in [0.4, 0.5) is 0 Å². The number of benzene rings is 1. The highest BCUT2D eigenvalue weighted by atomic mass is 127. The van der Waals surface area contributed by atoms with Gasteiger partial charge in [0.05, 0.1) is 0 Å². The lowest BCUT2D eigenvalue weighted by Gasteiger charge is -2.00. The van der Waals surface area contributed by atoms with E-state index in [9.17, 15) is 0 Å². The van der Waals surface area contributed by atoms with E-state index < -0.39 is 0 Å². The lowest BCUT2D eigenvalue weighted by atomic mass is 10.1. The van der Waals surface area contributed by atoms with Crippen LogP contribution in [0, 0.1) is 10.5 Å². The van der Waals surface area contributed by atoms with Crippen LogP contribution in [-0.4, -0.2) is 0 Å². The summed E-state index contributed by atoms with van der Waals surface area (Å²) in [6, 6.07) is 6.86. The minimum absolute atomic E-state index is 0.892. The first-order valence-electron chi connectivity index (χ1n) is 4.03. The molecule has 2 rings (SSSR count). The summed E-state index contributed by atoms with van der Waals surface area (Å²) in [5, 5.41) is 0. The Kier molecular flexibility index (Phi) is 1.91. The maximum absolute atomic E-state index is 2.39. The van der Waals surface area contributed by atoms with Crippen molar-refractivity contribution in [2.24, 2.45) is 0 Å². The summed E-state index contributed by atoms with van der Waals surface area (Å²) in [6.07, 6.45) is 2.80. The Labute approximate surface area is 81.1 Å². The molecule has 1 aliphatic rings. The van der Waals surface area contributed by atoms with Gasteiger partial charge in [-0.2, -0.15) is 0 Å². The van der Waals surface area contributed by atoms with Crippen LogP contribution >= 0.6 is 22.6 Å². The van der Waals surface area contributed by atoms with Crippen LogP contribution in [0.3, 0.4) is 0 Å². The van der Waals surface area contributed by atoms with E-state index in [2.05, 4.69) is 47.7 Å². The third kappa shape index (κ3) is 1.75. The third-order valence-electron chi connectivity index (χ3n) is 2.11. The van der Waals surface area contributed by atoms with Gasteiger partial charge in [-0.3, -0.25) is 0 Å². The van der Waals surface area contributed by atoms with Gasteiger partial charge < -0.3 is 0 Å². The Balaban J connectivity index is 2.39. The molecule has 0 bridgehead atoms. The van der Waals surface area contributed by atoms with Crippen molar-refractivity contribution in [1.82, 2.24) is 0 Å². The van der Waals surface area contributed by atoms with Crippen LogP contribution in [0.5, 0.6) is 0 Å². The monoisotopic (exact) mass is 258 g/mol. The molecule has 1 aromatic carbocycles. The van der Waals surface area contributed by atoms with E-state index in [1.54, 1.807) is 5.56 Å².